The Bertz CT molecular complexity index is 1380. The monoisotopic (exact) mass is 443 g/mol. The van der Waals surface area contributed by atoms with Gasteiger partial charge in [0.1, 0.15) is 17.8 Å². The number of halogens is 1. The van der Waals surface area contributed by atoms with E-state index in [1.54, 1.807) is 35.5 Å². The second-order valence-corrected chi connectivity index (χ2v) is 7.60. The summed E-state index contributed by atoms with van der Waals surface area (Å²) in [5.74, 6) is 0.689. The van der Waals surface area contributed by atoms with Crippen molar-refractivity contribution in [2.24, 2.45) is 0 Å². The highest BCUT2D eigenvalue weighted by molar-refractivity contribution is 5.52. The predicted octanol–water partition coefficient (Wildman–Crippen LogP) is 3.64. The first-order chi connectivity index (χ1) is 16.2. The normalized spacial score (nSPS) is 11.3. The highest BCUT2D eigenvalue weighted by Gasteiger charge is 2.17. The molecule has 5 aromatic rings. The third-order valence-electron chi connectivity index (χ3n) is 5.29. The summed E-state index contributed by atoms with van der Waals surface area (Å²) >= 11 is 0. The second-order valence-electron chi connectivity index (χ2n) is 7.60. The molecule has 0 fully saturated rings. The minimum atomic E-state index is -0.420. The van der Waals surface area contributed by atoms with Crippen molar-refractivity contribution < 1.29 is 9.13 Å². The van der Waals surface area contributed by atoms with Crippen molar-refractivity contribution in [1.29, 1.82) is 0 Å². The molecule has 8 nitrogen and oxygen atoms in total. The molecular weight excluding hydrogens is 421 g/mol. The summed E-state index contributed by atoms with van der Waals surface area (Å²) in [6.07, 6.45) is 7.23. The number of aryl methyl sites for hydroxylation is 1. The lowest BCUT2D eigenvalue weighted by Crippen LogP contribution is -2.12. The molecule has 0 saturated carbocycles. The van der Waals surface area contributed by atoms with E-state index >= 15 is 0 Å². The maximum Gasteiger partial charge on any atom is 0.162 e. The van der Waals surface area contributed by atoms with Gasteiger partial charge in [0, 0.05) is 30.6 Å². The summed E-state index contributed by atoms with van der Waals surface area (Å²) in [5.41, 5.74) is 3.80. The molecule has 0 spiro atoms. The van der Waals surface area contributed by atoms with Gasteiger partial charge >= 0.3 is 0 Å². The standard InChI is InChI=1S/C24H22FN7O/c1-17-29-23-19(9-13-33-15-18-6-3-2-4-7-18)21(28-16-32(23)30-17)14-31-12-11-27-24(31)22-20(25)8-5-10-26-22/h2-8,10-12,16H,9,13-15H2,1H3. The third-order valence-corrected chi connectivity index (χ3v) is 5.29. The molecule has 0 aliphatic heterocycles. The van der Waals surface area contributed by atoms with Crippen LogP contribution in [-0.4, -0.2) is 40.7 Å². The van der Waals surface area contributed by atoms with Crippen molar-refractivity contribution in [2.45, 2.75) is 26.5 Å². The number of hydrogen-bond donors (Lipinski definition) is 0. The van der Waals surface area contributed by atoms with Crippen LogP contribution in [0.5, 0.6) is 0 Å². The zero-order valence-electron chi connectivity index (χ0n) is 18.1. The molecule has 9 heteroatoms. The fraction of sp³-hybridized carbons (Fsp3) is 0.208. The van der Waals surface area contributed by atoms with Gasteiger partial charge in [-0.3, -0.25) is 0 Å². The van der Waals surface area contributed by atoms with E-state index < -0.39 is 5.82 Å². The molecule has 1 aromatic carbocycles. The average Bonchev–Trinajstić information content (AvgIpc) is 3.44. The number of imidazole rings is 1. The van der Waals surface area contributed by atoms with Gasteiger partial charge in [-0.05, 0) is 24.6 Å². The van der Waals surface area contributed by atoms with Crippen molar-refractivity contribution >= 4 is 5.65 Å². The fourth-order valence-corrected chi connectivity index (χ4v) is 3.74. The Morgan fingerprint density at radius 1 is 1.00 bits per heavy atom. The summed E-state index contributed by atoms with van der Waals surface area (Å²) < 4.78 is 23.8. The lowest BCUT2D eigenvalue weighted by atomic mass is 10.1. The van der Waals surface area contributed by atoms with Gasteiger partial charge in [-0.2, -0.15) is 5.10 Å². The van der Waals surface area contributed by atoms with Crippen molar-refractivity contribution in [1.82, 2.24) is 34.1 Å². The molecule has 166 valence electrons. The minimum Gasteiger partial charge on any atom is -0.376 e. The zero-order valence-corrected chi connectivity index (χ0v) is 18.1. The molecule has 33 heavy (non-hydrogen) atoms. The van der Waals surface area contributed by atoms with Gasteiger partial charge in [0.15, 0.2) is 17.3 Å². The van der Waals surface area contributed by atoms with Crippen molar-refractivity contribution in [3.8, 4) is 11.5 Å². The highest BCUT2D eigenvalue weighted by Crippen LogP contribution is 2.21. The van der Waals surface area contributed by atoms with E-state index in [0.717, 1.165) is 22.5 Å². The number of hydrogen-bond acceptors (Lipinski definition) is 6. The largest absolute Gasteiger partial charge is 0.376 e. The van der Waals surface area contributed by atoms with Crippen LogP contribution in [0.2, 0.25) is 0 Å². The second kappa shape index (κ2) is 9.25. The predicted molar refractivity (Wildman–Crippen MR) is 120 cm³/mol. The Morgan fingerprint density at radius 2 is 1.88 bits per heavy atom. The van der Waals surface area contributed by atoms with Crippen molar-refractivity contribution in [3.63, 3.8) is 0 Å². The van der Waals surface area contributed by atoms with Gasteiger partial charge in [0.05, 0.1) is 25.5 Å². The molecule has 0 atom stereocenters. The summed E-state index contributed by atoms with van der Waals surface area (Å²) in [6, 6.07) is 13.0. The van der Waals surface area contributed by atoms with Gasteiger partial charge in [0.2, 0.25) is 0 Å². The van der Waals surface area contributed by atoms with Crippen molar-refractivity contribution in [2.75, 3.05) is 6.61 Å². The summed E-state index contributed by atoms with van der Waals surface area (Å²) in [5, 5.41) is 4.39. The Morgan fingerprint density at radius 3 is 2.73 bits per heavy atom. The van der Waals surface area contributed by atoms with Crippen LogP contribution in [0, 0.1) is 12.7 Å². The fourth-order valence-electron chi connectivity index (χ4n) is 3.74. The van der Waals surface area contributed by atoms with Gasteiger partial charge in [-0.25, -0.2) is 28.8 Å². The SMILES string of the molecule is Cc1nc2c(CCOCc3ccccc3)c(Cn3ccnc3-c3ncccc3F)ncn2n1. The Labute approximate surface area is 189 Å². The van der Waals surface area contributed by atoms with E-state index in [2.05, 4.69) is 25.0 Å². The van der Waals surface area contributed by atoms with E-state index in [0.29, 0.717) is 37.8 Å². The number of benzene rings is 1. The van der Waals surface area contributed by atoms with Crippen LogP contribution in [0.4, 0.5) is 4.39 Å². The van der Waals surface area contributed by atoms with Crippen LogP contribution < -0.4 is 0 Å². The first-order valence-corrected chi connectivity index (χ1v) is 10.6. The first kappa shape index (κ1) is 20.9. The van der Waals surface area contributed by atoms with Gasteiger partial charge < -0.3 is 9.30 Å². The van der Waals surface area contributed by atoms with Crippen LogP contribution in [0.15, 0.2) is 67.4 Å². The lowest BCUT2D eigenvalue weighted by Gasteiger charge is -2.13. The van der Waals surface area contributed by atoms with E-state index in [1.807, 2.05) is 41.8 Å². The number of ether oxygens (including phenoxy) is 1. The van der Waals surface area contributed by atoms with Crippen LogP contribution in [0.25, 0.3) is 17.2 Å². The molecule has 0 aliphatic rings. The number of aromatic nitrogens is 7. The van der Waals surface area contributed by atoms with Gasteiger partial charge in [-0.15, -0.1) is 0 Å². The molecule has 0 N–H and O–H groups in total. The first-order valence-electron chi connectivity index (χ1n) is 10.6. The topological polar surface area (TPSA) is 83.0 Å². The molecule has 5 rings (SSSR count). The van der Waals surface area contributed by atoms with Crippen LogP contribution in [0.1, 0.15) is 22.6 Å². The molecule has 0 saturated heterocycles. The van der Waals surface area contributed by atoms with Crippen LogP contribution >= 0.6 is 0 Å². The minimum absolute atomic E-state index is 0.203. The molecule has 4 heterocycles. The molecule has 0 unspecified atom stereocenters. The smallest absolute Gasteiger partial charge is 0.162 e. The maximum absolute atomic E-state index is 14.3. The molecule has 0 amide bonds. The van der Waals surface area contributed by atoms with E-state index in [-0.39, 0.29) is 5.69 Å². The lowest BCUT2D eigenvalue weighted by molar-refractivity contribution is 0.123. The summed E-state index contributed by atoms with van der Waals surface area (Å²) in [7, 11) is 0. The van der Waals surface area contributed by atoms with Crippen LogP contribution in [-0.2, 0) is 24.3 Å². The van der Waals surface area contributed by atoms with E-state index in [9.17, 15) is 4.39 Å². The zero-order chi connectivity index (χ0) is 22.6. The summed E-state index contributed by atoms with van der Waals surface area (Å²) in [4.78, 5) is 17.7. The van der Waals surface area contributed by atoms with Crippen molar-refractivity contribution in [3.05, 3.63) is 95.8 Å². The Kier molecular flexibility index (Phi) is 5.86. The Balaban J connectivity index is 1.42. The molecule has 4 aromatic heterocycles. The molecule has 0 radical (unpaired) electrons. The molecular formula is C24H22FN7O. The van der Waals surface area contributed by atoms with E-state index in [1.165, 1.54) is 6.07 Å². The van der Waals surface area contributed by atoms with Gasteiger partial charge in [0.25, 0.3) is 0 Å². The summed E-state index contributed by atoms with van der Waals surface area (Å²) in [6.45, 7) is 3.27. The number of fused-ring (bicyclic) bond motifs is 1. The van der Waals surface area contributed by atoms with Crippen LogP contribution in [0.3, 0.4) is 0 Å². The molecule has 0 bridgehead atoms. The van der Waals surface area contributed by atoms with E-state index in [4.69, 9.17) is 4.74 Å². The van der Waals surface area contributed by atoms with Gasteiger partial charge in [-0.1, -0.05) is 30.3 Å². The quantitative estimate of drug-likeness (QED) is 0.341. The maximum atomic E-state index is 14.3. The third kappa shape index (κ3) is 4.49. The number of nitrogens with zero attached hydrogens (tertiary/aromatic N) is 7. The number of pyridine rings is 1. The number of rotatable bonds is 8. The molecule has 0 aliphatic carbocycles. The Hall–Kier alpha value is -3.98. The average molecular weight is 443 g/mol. The highest BCUT2D eigenvalue weighted by atomic mass is 19.1.